The van der Waals surface area contributed by atoms with Crippen LogP contribution < -0.4 is 20.9 Å². The fraction of sp³-hybridized carbons (Fsp3) is 0.941. The summed E-state index contributed by atoms with van der Waals surface area (Å²) in [5.41, 5.74) is 6.26. The van der Waals surface area contributed by atoms with Crippen molar-refractivity contribution < 1.29 is 14.0 Å². The molecule has 4 aliphatic rings. The van der Waals surface area contributed by atoms with Crippen molar-refractivity contribution >= 4 is 17.9 Å². The Kier molecular flexibility index (Phi) is 6.32. The molecule has 26 heavy (non-hydrogen) atoms. The third kappa shape index (κ3) is 4.69. The number of hydroxylamine groups is 1. The molecule has 4 rings (SSSR count). The van der Waals surface area contributed by atoms with Crippen molar-refractivity contribution in [2.75, 3.05) is 26.2 Å². The molecule has 6 atom stereocenters. The minimum Gasteiger partial charge on any atom is -0.349 e. The Labute approximate surface area is 158 Å². The molecule has 0 aromatic carbocycles. The number of carbonyl (C=O) groups is 1. The first-order valence-electron chi connectivity index (χ1n) is 9.90. The maximum Gasteiger partial charge on any atom is 0.239 e. The lowest BCUT2D eigenvalue weighted by Crippen LogP contribution is -2.47. The Bertz CT molecular complexity index is 496. The molecule has 6 unspecified atom stereocenters. The van der Waals surface area contributed by atoms with Gasteiger partial charge in [-0.2, -0.15) is 5.48 Å². The Hall–Kier alpha value is -0.450. The summed E-state index contributed by atoms with van der Waals surface area (Å²) >= 11 is 1.71. The standard InChI is InChI=1S/C17H30FN5O2S/c18-12-3-1-2-11(6-12)9-23-10-13(8-19-23)21-17(24)14-7-15(25-22-14)16-4-5-20-26-16/h11-16,19-20,22H,1-10H2,(H,21,24). The van der Waals surface area contributed by atoms with Gasteiger partial charge >= 0.3 is 0 Å². The van der Waals surface area contributed by atoms with Gasteiger partial charge < -0.3 is 5.32 Å². The number of alkyl halides is 1. The van der Waals surface area contributed by atoms with E-state index in [1.54, 1.807) is 11.9 Å². The summed E-state index contributed by atoms with van der Waals surface area (Å²) in [6.07, 6.45) is 4.73. The van der Waals surface area contributed by atoms with E-state index in [1.165, 1.54) is 0 Å². The van der Waals surface area contributed by atoms with Gasteiger partial charge in [-0.15, -0.1) is 0 Å². The molecule has 3 aliphatic heterocycles. The van der Waals surface area contributed by atoms with Crippen molar-refractivity contribution in [2.45, 2.75) is 68.1 Å². The Morgan fingerprint density at radius 3 is 3.04 bits per heavy atom. The molecule has 0 aromatic heterocycles. The van der Waals surface area contributed by atoms with Crippen molar-refractivity contribution in [1.82, 2.24) is 26.0 Å². The molecule has 0 spiro atoms. The molecule has 9 heteroatoms. The SMILES string of the molecule is O=C(NC1CNN(CC2CCCC(F)C2)C1)C1CC(C2CCNS2)ON1. The summed E-state index contributed by atoms with van der Waals surface area (Å²) in [4.78, 5) is 18.2. The molecule has 4 N–H and O–H groups in total. The van der Waals surface area contributed by atoms with Crippen molar-refractivity contribution in [3.05, 3.63) is 0 Å². The van der Waals surface area contributed by atoms with Gasteiger partial charge in [-0.1, -0.05) is 18.4 Å². The lowest BCUT2D eigenvalue weighted by Gasteiger charge is -2.28. The predicted octanol–water partition coefficient (Wildman–Crippen LogP) is 0.492. The van der Waals surface area contributed by atoms with E-state index in [9.17, 15) is 9.18 Å². The van der Waals surface area contributed by atoms with Gasteiger partial charge in [-0.05, 0) is 31.6 Å². The molecule has 1 amide bonds. The van der Waals surface area contributed by atoms with E-state index in [1.807, 2.05) is 0 Å². The normalized spacial score (nSPS) is 41.6. The van der Waals surface area contributed by atoms with E-state index in [4.69, 9.17) is 4.84 Å². The first kappa shape index (κ1) is 18.9. The average molecular weight is 388 g/mol. The number of rotatable bonds is 5. The number of halogens is 1. The van der Waals surface area contributed by atoms with Crippen molar-refractivity contribution in [2.24, 2.45) is 5.92 Å². The maximum absolute atomic E-state index is 13.6. The number of nitrogens with one attached hydrogen (secondary N) is 4. The molecule has 0 bridgehead atoms. The van der Waals surface area contributed by atoms with Crippen LogP contribution in [0.2, 0.25) is 0 Å². The zero-order chi connectivity index (χ0) is 17.9. The number of amides is 1. The van der Waals surface area contributed by atoms with Crippen molar-refractivity contribution in [1.29, 1.82) is 0 Å². The van der Waals surface area contributed by atoms with E-state index in [0.29, 0.717) is 17.6 Å². The number of hydrogen-bond acceptors (Lipinski definition) is 7. The summed E-state index contributed by atoms with van der Waals surface area (Å²) in [7, 11) is 0. The van der Waals surface area contributed by atoms with E-state index in [-0.39, 0.29) is 24.1 Å². The van der Waals surface area contributed by atoms with Crippen LogP contribution in [0.4, 0.5) is 4.39 Å². The highest BCUT2D eigenvalue weighted by Gasteiger charge is 2.38. The van der Waals surface area contributed by atoms with Crippen LogP contribution in [0.1, 0.15) is 38.5 Å². The minimum atomic E-state index is -0.638. The lowest BCUT2D eigenvalue weighted by molar-refractivity contribution is -0.124. The van der Waals surface area contributed by atoms with Gasteiger partial charge in [0.2, 0.25) is 5.91 Å². The Morgan fingerprint density at radius 1 is 1.31 bits per heavy atom. The second-order valence-electron chi connectivity index (χ2n) is 8.00. The van der Waals surface area contributed by atoms with Crippen LogP contribution >= 0.6 is 11.9 Å². The first-order valence-corrected chi connectivity index (χ1v) is 10.8. The fourth-order valence-corrected chi connectivity index (χ4v) is 5.45. The molecule has 1 saturated carbocycles. The highest BCUT2D eigenvalue weighted by atomic mass is 32.2. The van der Waals surface area contributed by atoms with Gasteiger partial charge in [0.25, 0.3) is 0 Å². The number of nitrogens with zero attached hydrogens (tertiary/aromatic N) is 1. The monoisotopic (exact) mass is 387 g/mol. The number of carbonyl (C=O) groups excluding carboxylic acids is 1. The summed E-state index contributed by atoms with van der Waals surface area (Å²) in [6, 6.07) is -0.184. The quantitative estimate of drug-likeness (QED) is 0.512. The molecule has 4 fully saturated rings. The smallest absolute Gasteiger partial charge is 0.239 e. The highest BCUT2D eigenvalue weighted by Crippen LogP contribution is 2.29. The molecule has 0 aromatic rings. The van der Waals surface area contributed by atoms with Crippen molar-refractivity contribution in [3.63, 3.8) is 0 Å². The van der Waals surface area contributed by atoms with Crippen LogP contribution in [0.15, 0.2) is 0 Å². The summed E-state index contributed by atoms with van der Waals surface area (Å²) in [5.74, 6) is 0.433. The Morgan fingerprint density at radius 2 is 2.23 bits per heavy atom. The summed E-state index contributed by atoms with van der Waals surface area (Å²) in [5, 5.41) is 5.69. The molecule has 1 aliphatic carbocycles. The summed E-state index contributed by atoms with van der Waals surface area (Å²) < 4.78 is 16.8. The topological polar surface area (TPSA) is 77.7 Å². The van der Waals surface area contributed by atoms with E-state index in [0.717, 1.165) is 58.3 Å². The Balaban J connectivity index is 1.18. The second kappa shape index (κ2) is 8.70. The zero-order valence-corrected chi connectivity index (χ0v) is 15.9. The average Bonchev–Trinajstić information content (AvgIpc) is 3.36. The second-order valence-corrected chi connectivity index (χ2v) is 9.13. The maximum atomic E-state index is 13.6. The molecule has 3 heterocycles. The largest absolute Gasteiger partial charge is 0.349 e. The van der Waals surface area contributed by atoms with Crippen molar-refractivity contribution in [3.8, 4) is 0 Å². The van der Waals surface area contributed by atoms with E-state index in [2.05, 4.69) is 26.0 Å². The van der Waals surface area contributed by atoms with Gasteiger partial charge in [-0.25, -0.2) is 9.40 Å². The summed E-state index contributed by atoms with van der Waals surface area (Å²) in [6.45, 7) is 3.38. The van der Waals surface area contributed by atoms with Crippen LogP contribution in [0.3, 0.4) is 0 Å². The molecule has 3 saturated heterocycles. The van der Waals surface area contributed by atoms with E-state index < -0.39 is 6.17 Å². The third-order valence-electron chi connectivity index (χ3n) is 5.87. The van der Waals surface area contributed by atoms with Crippen LogP contribution in [0.5, 0.6) is 0 Å². The molecule has 0 radical (unpaired) electrons. The predicted molar refractivity (Wildman–Crippen MR) is 98.8 cm³/mol. The minimum absolute atomic E-state index is 0.0126. The van der Waals surface area contributed by atoms with Gasteiger partial charge in [-0.3, -0.25) is 19.8 Å². The molecular weight excluding hydrogens is 357 g/mol. The van der Waals surface area contributed by atoms with Crippen LogP contribution in [0, 0.1) is 5.92 Å². The lowest BCUT2D eigenvalue weighted by atomic mass is 9.88. The molecule has 148 valence electrons. The van der Waals surface area contributed by atoms with Crippen LogP contribution in [-0.4, -0.2) is 66.7 Å². The van der Waals surface area contributed by atoms with Crippen LogP contribution in [-0.2, 0) is 9.63 Å². The van der Waals surface area contributed by atoms with Gasteiger partial charge in [0.05, 0.1) is 12.1 Å². The first-order chi connectivity index (χ1) is 12.7. The molecular formula is C17H30FN5O2S. The number of hydrazine groups is 1. The molecule has 7 nitrogen and oxygen atoms in total. The van der Waals surface area contributed by atoms with Crippen LogP contribution in [0.25, 0.3) is 0 Å². The van der Waals surface area contributed by atoms with Gasteiger partial charge in [0, 0.05) is 37.8 Å². The fourth-order valence-electron chi connectivity index (χ4n) is 4.45. The van der Waals surface area contributed by atoms with Gasteiger partial charge in [0.15, 0.2) is 0 Å². The van der Waals surface area contributed by atoms with Gasteiger partial charge in [0.1, 0.15) is 12.2 Å². The highest BCUT2D eigenvalue weighted by molar-refractivity contribution is 7.98. The van der Waals surface area contributed by atoms with E-state index >= 15 is 0 Å². The number of hydrogen-bond donors (Lipinski definition) is 4. The third-order valence-corrected chi connectivity index (χ3v) is 7.09. The zero-order valence-electron chi connectivity index (χ0n) is 15.1.